The van der Waals surface area contributed by atoms with Crippen LogP contribution in [0.4, 0.5) is 0 Å². The Morgan fingerprint density at radius 2 is 0.977 bits per heavy atom. The lowest BCUT2D eigenvalue weighted by molar-refractivity contribution is 0.795. The van der Waals surface area contributed by atoms with Crippen LogP contribution in [0.3, 0.4) is 0 Å². The predicted molar refractivity (Wildman–Crippen MR) is 175 cm³/mol. The van der Waals surface area contributed by atoms with Crippen LogP contribution in [0.1, 0.15) is 22.3 Å². The molecular weight excluding hydrogens is 522 g/mol. The summed E-state index contributed by atoms with van der Waals surface area (Å²) in [5.41, 5.74) is 11.8. The molecule has 0 fully saturated rings. The van der Waals surface area contributed by atoms with Gasteiger partial charge in [-0.05, 0) is 50.6 Å². The van der Waals surface area contributed by atoms with Crippen LogP contribution in [0.2, 0.25) is 0 Å². The quantitative estimate of drug-likeness (QED) is 0.220. The SMILES string of the molecule is C=C/C=C1\C(=C)c2ccccc2C12c1ccccc1-c1ccc(-c3nc(-c4ccccc4)nc(-c4ccccc4)n3)cc12. The van der Waals surface area contributed by atoms with E-state index in [9.17, 15) is 0 Å². The van der Waals surface area contributed by atoms with E-state index >= 15 is 0 Å². The molecule has 43 heavy (non-hydrogen) atoms. The zero-order valence-electron chi connectivity index (χ0n) is 23.5. The van der Waals surface area contributed by atoms with Crippen LogP contribution >= 0.6 is 0 Å². The summed E-state index contributed by atoms with van der Waals surface area (Å²) < 4.78 is 0. The lowest BCUT2D eigenvalue weighted by Crippen LogP contribution is -2.26. The Hall–Kier alpha value is -5.67. The van der Waals surface area contributed by atoms with Crippen LogP contribution < -0.4 is 0 Å². The molecule has 0 aliphatic heterocycles. The van der Waals surface area contributed by atoms with Crippen LogP contribution in [-0.2, 0) is 5.41 Å². The molecule has 3 nitrogen and oxygen atoms in total. The van der Waals surface area contributed by atoms with Crippen molar-refractivity contribution in [1.82, 2.24) is 15.0 Å². The highest BCUT2D eigenvalue weighted by atomic mass is 15.0. The van der Waals surface area contributed by atoms with Gasteiger partial charge in [0.05, 0.1) is 5.41 Å². The average molecular weight is 550 g/mol. The van der Waals surface area contributed by atoms with Crippen LogP contribution in [0.15, 0.2) is 158 Å². The summed E-state index contributed by atoms with van der Waals surface area (Å²) >= 11 is 0. The first-order chi connectivity index (χ1) is 21.2. The summed E-state index contributed by atoms with van der Waals surface area (Å²) in [6.07, 6.45) is 4.01. The fraction of sp³-hybridized carbons (Fsp3) is 0.0250. The zero-order chi connectivity index (χ0) is 29.0. The van der Waals surface area contributed by atoms with E-state index < -0.39 is 5.41 Å². The van der Waals surface area contributed by atoms with Crippen molar-refractivity contribution in [2.75, 3.05) is 0 Å². The minimum absolute atomic E-state index is 0.513. The molecule has 0 saturated heterocycles. The van der Waals surface area contributed by atoms with Crippen molar-refractivity contribution in [3.05, 3.63) is 181 Å². The molecule has 0 amide bonds. The summed E-state index contributed by atoms with van der Waals surface area (Å²) in [6.45, 7) is 8.67. The molecule has 1 aromatic heterocycles. The first kappa shape index (κ1) is 25.1. The second-order valence-electron chi connectivity index (χ2n) is 10.9. The maximum absolute atomic E-state index is 5.03. The van der Waals surface area contributed by atoms with Crippen LogP contribution in [0.25, 0.3) is 50.9 Å². The third kappa shape index (κ3) is 3.65. The van der Waals surface area contributed by atoms with Crippen molar-refractivity contribution < 1.29 is 0 Å². The Morgan fingerprint density at radius 3 is 1.58 bits per heavy atom. The average Bonchev–Trinajstić information content (AvgIpc) is 3.51. The number of benzene rings is 5. The molecule has 3 heteroatoms. The van der Waals surface area contributed by atoms with Gasteiger partial charge in [0.2, 0.25) is 0 Å². The van der Waals surface area contributed by atoms with Gasteiger partial charge < -0.3 is 0 Å². The summed E-state index contributed by atoms with van der Waals surface area (Å²) in [7, 11) is 0. The van der Waals surface area contributed by atoms with Crippen molar-refractivity contribution in [3.8, 4) is 45.3 Å². The molecule has 0 saturated carbocycles. The molecule has 1 atom stereocenters. The highest BCUT2D eigenvalue weighted by molar-refractivity contribution is 6.00. The summed E-state index contributed by atoms with van der Waals surface area (Å²) in [6, 6.07) is 44.2. The van der Waals surface area contributed by atoms with E-state index in [2.05, 4.69) is 86.0 Å². The maximum Gasteiger partial charge on any atom is 0.164 e. The van der Waals surface area contributed by atoms with E-state index in [4.69, 9.17) is 15.0 Å². The second-order valence-corrected chi connectivity index (χ2v) is 10.9. The molecule has 0 bridgehead atoms. The van der Waals surface area contributed by atoms with E-state index in [0.29, 0.717) is 17.5 Å². The summed E-state index contributed by atoms with van der Waals surface area (Å²) in [4.78, 5) is 15.0. The number of rotatable bonds is 4. The van der Waals surface area contributed by atoms with Gasteiger partial charge in [-0.3, -0.25) is 0 Å². The minimum Gasteiger partial charge on any atom is -0.208 e. The monoisotopic (exact) mass is 549 g/mol. The van der Waals surface area contributed by atoms with Crippen molar-refractivity contribution in [3.63, 3.8) is 0 Å². The summed E-state index contributed by atoms with van der Waals surface area (Å²) in [5.74, 6) is 1.94. The molecule has 202 valence electrons. The molecule has 1 spiro atoms. The zero-order valence-corrected chi connectivity index (χ0v) is 23.5. The first-order valence-corrected chi connectivity index (χ1v) is 14.4. The number of hydrogen-bond donors (Lipinski definition) is 0. The van der Waals surface area contributed by atoms with E-state index in [1.165, 1.54) is 33.4 Å². The molecule has 0 N–H and O–H groups in total. The molecule has 2 aliphatic carbocycles. The molecule has 0 radical (unpaired) electrons. The predicted octanol–water partition coefficient (Wildman–Crippen LogP) is 9.33. The highest BCUT2D eigenvalue weighted by Gasteiger charge is 2.52. The molecule has 1 heterocycles. The van der Waals surface area contributed by atoms with E-state index in [1.54, 1.807) is 0 Å². The number of allylic oxidation sites excluding steroid dienone is 4. The Kier molecular flexibility index (Phi) is 5.66. The van der Waals surface area contributed by atoms with Gasteiger partial charge in [-0.1, -0.05) is 147 Å². The third-order valence-electron chi connectivity index (χ3n) is 8.67. The van der Waals surface area contributed by atoms with Crippen molar-refractivity contribution in [2.24, 2.45) is 0 Å². The Labute approximate surface area is 251 Å². The smallest absolute Gasteiger partial charge is 0.164 e. The fourth-order valence-electron chi connectivity index (χ4n) is 6.87. The fourth-order valence-corrected chi connectivity index (χ4v) is 6.87. The molecule has 2 aliphatic rings. The lowest BCUT2D eigenvalue weighted by Gasteiger charge is -2.31. The van der Waals surface area contributed by atoms with E-state index in [-0.39, 0.29) is 0 Å². The molecular formula is C40H27N3. The van der Waals surface area contributed by atoms with E-state index in [0.717, 1.165) is 27.8 Å². The first-order valence-electron chi connectivity index (χ1n) is 14.4. The molecule has 8 rings (SSSR count). The molecule has 6 aromatic rings. The van der Waals surface area contributed by atoms with Gasteiger partial charge in [-0.25, -0.2) is 15.0 Å². The minimum atomic E-state index is -0.513. The Morgan fingerprint density at radius 1 is 0.488 bits per heavy atom. The standard InChI is InChI=1S/C40H27N3/c1-3-14-33-26(2)30-19-10-12-21-34(30)40(33)35-22-13-11-20-31(35)32-24-23-29(25-36(32)40)39-42-37(27-15-6-4-7-16-27)41-38(43-39)28-17-8-5-9-18-28/h3-25H,1-2H2/b33-14+. The molecule has 5 aromatic carbocycles. The normalized spacial score (nSPS) is 17.1. The van der Waals surface area contributed by atoms with Gasteiger partial charge in [0, 0.05) is 16.7 Å². The van der Waals surface area contributed by atoms with Gasteiger partial charge in [-0.2, -0.15) is 0 Å². The number of aromatic nitrogens is 3. The van der Waals surface area contributed by atoms with Crippen molar-refractivity contribution in [1.29, 1.82) is 0 Å². The van der Waals surface area contributed by atoms with Gasteiger partial charge in [0.1, 0.15) is 0 Å². The largest absolute Gasteiger partial charge is 0.208 e. The highest BCUT2D eigenvalue weighted by Crippen LogP contribution is 2.63. The van der Waals surface area contributed by atoms with Gasteiger partial charge in [-0.15, -0.1) is 0 Å². The summed E-state index contributed by atoms with van der Waals surface area (Å²) in [5, 5.41) is 0. The third-order valence-corrected chi connectivity index (χ3v) is 8.67. The van der Waals surface area contributed by atoms with Crippen LogP contribution in [-0.4, -0.2) is 15.0 Å². The number of nitrogens with zero attached hydrogens (tertiary/aromatic N) is 3. The van der Waals surface area contributed by atoms with Crippen LogP contribution in [0.5, 0.6) is 0 Å². The van der Waals surface area contributed by atoms with Gasteiger partial charge >= 0.3 is 0 Å². The van der Waals surface area contributed by atoms with Crippen molar-refractivity contribution in [2.45, 2.75) is 5.41 Å². The lowest BCUT2D eigenvalue weighted by atomic mass is 9.70. The van der Waals surface area contributed by atoms with Gasteiger partial charge in [0.15, 0.2) is 17.5 Å². The van der Waals surface area contributed by atoms with E-state index in [1.807, 2.05) is 66.7 Å². The number of fused-ring (bicyclic) bond motifs is 7. The topological polar surface area (TPSA) is 38.7 Å². The van der Waals surface area contributed by atoms with Crippen LogP contribution in [0, 0.1) is 0 Å². The Bertz CT molecular complexity index is 2050. The molecule has 1 unspecified atom stereocenters. The van der Waals surface area contributed by atoms with Crippen molar-refractivity contribution >= 4 is 5.57 Å². The second kappa shape index (κ2) is 9.71. The van der Waals surface area contributed by atoms with Gasteiger partial charge in [0.25, 0.3) is 0 Å². The number of hydrogen-bond acceptors (Lipinski definition) is 3. The Balaban J connectivity index is 1.41. The maximum atomic E-state index is 5.03.